The summed E-state index contributed by atoms with van der Waals surface area (Å²) in [5.41, 5.74) is 2.80. The SMILES string of the molecule is COc1ccc2c(c1)[C@@]1(CCN(C(=O)Nc3ccccc3C)C1)C(=O)N2. The third kappa shape index (κ3) is 2.49. The number of aryl methyl sites for hydroxylation is 1. The van der Waals surface area contributed by atoms with Crippen LogP contribution in [0, 0.1) is 6.92 Å². The number of methoxy groups -OCH3 is 1. The van der Waals surface area contributed by atoms with Crippen LogP contribution < -0.4 is 15.4 Å². The van der Waals surface area contributed by atoms with Crippen LogP contribution in [0.15, 0.2) is 42.5 Å². The Morgan fingerprint density at radius 2 is 2.08 bits per heavy atom. The molecule has 2 aromatic rings. The van der Waals surface area contributed by atoms with E-state index in [2.05, 4.69) is 10.6 Å². The Bertz CT molecular complexity index is 896. The van der Waals surface area contributed by atoms with E-state index in [1.807, 2.05) is 49.4 Å². The van der Waals surface area contributed by atoms with Crippen LogP contribution >= 0.6 is 0 Å². The number of nitrogens with zero attached hydrogens (tertiary/aromatic N) is 1. The Kier molecular flexibility index (Phi) is 3.83. The maximum atomic E-state index is 12.7. The minimum Gasteiger partial charge on any atom is -0.497 e. The normalized spacial score (nSPS) is 20.8. The molecule has 0 aromatic heterocycles. The van der Waals surface area contributed by atoms with Gasteiger partial charge in [-0.25, -0.2) is 4.79 Å². The number of para-hydroxylation sites is 1. The number of urea groups is 1. The molecule has 1 atom stereocenters. The van der Waals surface area contributed by atoms with E-state index in [9.17, 15) is 9.59 Å². The zero-order valence-electron chi connectivity index (χ0n) is 14.8. The topological polar surface area (TPSA) is 70.7 Å². The van der Waals surface area contributed by atoms with Crippen molar-refractivity contribution < 1.29 is 14.3 Å². The molecule has 1 saturated heterocycles. The van der Waals surface area contributed by atoms with Gasteiger partial charge >= 0.3 is 6.03 Å². The second kappa shape index (κ2) is 6.05. The second-order valence-corrected chi connectivity index (χ2v) is 6.86. The summed E-state index contributed by atoms with van der Waals surface area (Å²) in [5, 5.41) is 5.90. The molecule has 3 amide bonds. The van der Waals surface area contributed by atoms with Crippen LogP contribution in [0.25, 0.3) is 0 Å². The van der Waals surface area contributed by atoms with E-state index in [-0.39, 0.29) is 11.9 Å². The molecule has 2 heterocycles. The Labute approximate surface area is 152 Å². The van der Waals surface area contributed by atoms with E-state index in [0.717, 1.165) is 22.5 Å². The lowest BCUT2D eigenvalue weighted by molar-refractivity contribution is -0.120. The first-order chi connectivity index (χ1) is 12.5. The lowest BCUT2D eigenvalue weighted by Gasteiger charge is -2.23. The molecule has 0 saturated carbocycles. The van der Waals surface area contributed by atoms with Gasteiger partial charge in [0.05, 0.1) is 12.5 Å². The highest BCUT2D eigenvalue weighted by Gasteiger charge is 2.52. The average Bonchev–Trinajstić information content (AvgIpc) is 3.20. The summed E-state index contributed by atoms with van der Waals surface area (Å²) in [7, 11) is 1.61. The molecule has 2 aliphatic rings. The van der Waals surface area contributed by atoms with E-state index in [0.29, 0.717) is 25.3 Å². The number of fused-ring (bicyclic) bond motifs is 2. The first-order valence-corrected chi connectivity index (χ1v) is 8.65. The summed E-state index contributed by atoms with van der Waals surface area (Å²) in [6.07, 6.45) is 0.597. The van der Waals surface area contributed by atoms with Crippen LogP contribution in [0.2, 0.25) is 0 Å². The van der Waals surface area contributed by atoms with E-state index in [4.69, 9.17) is 4.74 Å². The first-order valence-electron chi connectivity index (χ1n) is 8.65. The number of hydrogen-bond donors (Lipinski definition) is 2. The molecule has 2 aliphatic heterocycles. The fourth-order valence-electron chi connectivity index (χ4n) is 3.82. The number of likely N-dealkylation sites (tertiary alicyclic amines) is 1. The van der Waals surface area contributed by atoms with Crippen LogP contribution in [-0.2, 0) is 10.2 Å². The van der Waals surface area contributed by atoms with Gasteiger partial charge in [0.1, 0.15) is 5.75 Å². The van der Waals surface area contributed by atoms with Gasteiger partial charge in [-0.15, -0.1) is 0 Å². The zero-order chi connectivity index (χ0) is 18.3. The van der Waals surface area contributed by atoms with Gasteiger partial charge in [0.2, 0.25) is 5.91 Å². The minimum atomic E-state index is -0.701. The highest BCUT2D eigenvalue weighted by Crippen LogP contribution is 2.45. The van der Waals surface area contributed by atoms with Gasteiger partial charge in [-0.2, -0.15) is 0 Å². The molecule has 26 heavy (non-hydrogen) atoms. The van der Waals surface area contributed by atoms with Gasteiger partial charge in [0, 0.05) is 24.5 Å². The average molecular weight is 351 g/mol. The minimum absolute atomic E-state index is 0.0491. The van der Waals surface area contributed by atoms with Gasteiger partial charge in [-0.3, -0.25) is 4.79 Å². The number of anilines is 2. The largest absolute Gasteiger partial charge is 0.497 e. The number of hydrogen-bond acceptors (Lipinski definition) is 3. The number of amides is 3. The molecule has 0 unspecified atom stereocenters. The number of nitrogens with one attached hydrogen (secondary N) is 2. The summed E-state index contributed by atoms with van der Waals surface area (Å²) in [4.78, 5) is 27.1. The van der Waals surface area contributed by atoms with Crippen molar-refractivity contribution in [2.75, 3.05) is 30.8 Å². The fraction of sp³-hybridized carbons (Fsp3) is 0.300. The first kappa shape index (κ1) is 16.4. The Morgan fingerprint density at radius 1 is 1.27 bits per heavy atom. The van der Waals surface area contributed by atoms with Crippen LogP contribution in [0.1, 0.15) is 17.5 Å². The second-order valence-electron chi connectivity index (χ2n) is 6.86. The lowest BCUT2D eigenvalue weighted by Crippen LogP contribution is -2.40. The Hall–Kier alpha value is -3.02. The predicted molar refractivity (Wildman–Crippen MR) is 99.7 cm³/mol. The van der Waals surface area contributed by atoms with Crippen molar-refractivity contribution in [3.05, 3.63) is 53.6 Å². The fourth-order valence-corrected chi connectivity index (χ4v) is 3.82. The molecule has 1 fully saturated rings. The smallest absolute Gasteiger partial charge is 0.321 e. The van der Waals surface area contributed by atoms with E-state index < -0.39 is 5.41 Å². The Morgan fingerprint density at radius 3 is 2.85 bits per heavy atom. The van der Waals surface area contributed by atoms with Crippen molar-refractivity contribution in [3.8, 4) is 5.75 Å². The highest BCUT2D eigenvalue weighted by atomic mass is 16.5. The number of rotatable bonds is 2. The van der Waals surface area contributed by atoms with Gasteiger partial charge in [-0.1, -0.05) is 18.2 Å². The summed E-state index contributed by atoms with van der Waals surface area (Å²) < 4.78 is 5.31. The van der Waals surface area contributed by atoms with E-state index in [1.54, 1.807) is 12.0 Å². The molecule has 4 rings (SSSR count). The third-order valence-corrected chi connectivity index (χ3v) is 5.37. The summed E-state index contributed by atoms with van der Waals surface area (Å²) >= 11 is 0. The predicted octanol–water partition coefficient (Wildman–Crippen LogP) is 3.13. The van der Waals surface area contributed by atoms with E-state index >= 15 is 0 Å². The molecule has 0 bridgehead atoms. The molecule has 0 radical (unpaired) electrons. The van der Waals surface area contributed by atoms with Crippen molar-refractivity contribution in [2.24, 2.45) is 0 Å². The monoisotopic (exact) mass is 351 g/mol. The molecule has 1 spiro atoms. The summed E-state index contributed by atoms with van der Waals surface area (Å²) in [6, 6.07) is 13.1. The molecule has 134 valence electrons. The zero-order valence-corrected chi connectivity index (χ0v) is 14.8. The third-order valence-electron chi connectivity index (χ3n) is 5.37. The van der Waals surface area contributed by atoms with Gasteiger partial charge in [0.25, 0.3) is 0 Å². The number of benzene rings is 2. The Balaban J connectivity index is 1.58. The molecule has 2 N–H and O–H groups in total. The maximum absolute atomic E-state index is 12.7. The van der Waals surface area contributed by atoms with Crippen molar-refractivity contribution >= 4 is 23.3 Å². The molecule has 6 heteroatoms. The van der Waals surface area contributed by atoms with Crippen LogP contribution in [0.3, 0.4) is 0 Å². The van der Waals surface area contributed by atoms with Gasteiger partial charge in [0.15, 0.2) is 0 Å². The van der Waals surface area contributed by atoms with Crippen molar-refractivity contribution in [3.63, 3.8) is 0 Å². The van der Waals surface area contributed by atoms with Crippen molar-refractivity contribution in [1.82, 2.24) is 4.90 Å². The van der Waals surface area contributed by atoms with Crippen LogP contribution in [0.4, 0.5) is 16.2 Å². The van der Waals surface area contributed by atoms with E-state index in [1.165, 1.54) is 0 Å². The summed E-state index contributed by atoms with van der Waals surface area (Å²) in [5.74, 6) is 0.661. The standard InChI is InChI=1S/C20H21N3O3/c1-13-5-3-4-6-16(13)22-19(25)23-10-9-20(12-23)15-11-14(26-2)7-8-17(15)21-18(20)24/h3-8,11H,9-10,12H2,1-2H3,(H,21,24)(H,22,25)/t20-/m0/s1. The number of carbonyl (C=O) groups excluding carboxylic acids is 2. The van der Waals surface area contributed by atoms with Crippen molar-refractivity contribution in [2.45, 2.75) is 18.8 Å². The quantitative estimate of drug-likeness (QED) is 0.873. The van der Waals surface area contributed by atoms with Crippen LogP contribution in [0.5, 0.6) is 5.75 Å². The van der Waals surface area contributed by atoms with Gasteiger partial charge in [-0.05, 0) is 48.7 Å². The highest BCUT2D eigenvalue weighted by molar-refractivity contribution is 6.07. The summed E-state index contributed by atoms with van der Waals surface area (Å²) in [6.45, 7) is 2.84. The van der Waals surface area contributed by atoms with Crippen LogP contribution in [-0.4, -0.2) is 37.0 Å². The lowest BCUT2D eigenvalue weighted by atomic mass is 9.81. The molecule has 6 nitrogen and oxygen atoms in total. The molecule has 2 aromatic carbocycles. The molecular formula is C20H21N3O3. The van der Waals surface area contributed by atoms with Gasteiger partial charge < -0.3 is 20.3 Å². The molecule has 0 aliphatic carbocycles. The number of ether oxygens (including phenoxy) is 1. The van der Waals surface area contributed by atoms with Crippen molar-refractivity contribution in [1.29, 1.82) is 0 Å². The maximum Gasteiger partial charge on any atom is 0.321 e. The molecular weight excluding hydrogens is 330 g/mol. The number of carbonyl (C=O) groups is 2.